The van der Waals surface area contributed by atoms with Crippen molar-refractivity contribution in [3.8, 4) is 0 Å². The van der Waals surface area contributed by atoms with Crippen LogP contribution >= 0.6 is 0 Å². The first-order chi connectivity index (χ1) is 8.22. The number of hydrogen-bond donors (Lipinski definition) is 0. The molecule has 0 amide bonds. The summed E-state index contributed by atoms with van der Waals surface area (Å²) in [5.41, 5.74) is 1.10. The van der Waals surface area contributed by atoms with E-state index in [9.17, 15) is 0 Å². The molecule has 0 spiro atoms. The Labute approximate surface area is 103 Å². The summed E-state index contributed by atoms with van der Waals surface area (Å²) in [7, 11) is 1.70. The standard InChI is InChI=1S/C14H21NO2/c1-11(2)13-9-10-14(16-3)17-15(13)12-7-5-4-6-8-12/h4-8,11,13-14H,9-10H2,1-3H3/t13-,14-/m1/s1. The highest BCUT2D eigenvalue weighted by Gasteiger charge is 2.31. The fourth-order valence-corrected chi connectivity index (χ4v) is 2.27. The minimum absolute atomic E-state index is 0.120. The van der Waals surface area contributed by atoms with Crippen molar-refractivity contribution in [1.29, 1.82) is 0 Å². The smallest absolute Gasteiger partial charge is 0.183 e. The van der Waals surface area contributed by atoms with E-state index in [4.69, 9.17) is 9.57 Å². The maximum absolute atomic E-state index is 5.91. The van der Waals surface area contributed by atoms with E-state index >= 15 is 0 Å². The lowest BCUT2D eigenvalue weighted by Crippen LogP contribution is -2.47. The zero-order valence-electron chi connectivity index (χ0n) is 10.8. The molecule has 3 heteroatoms. The molecule has 0 N–H and O–H groups in total. The number of hydroxylamine groups is 1. The Bertz CT molecular complexity index is 339. The first kappa shape index (κ1) is 12.4. The number of rotatable bonds is 3. The van der Waals surface area contributed by atoms with Crippen LogP contribution in [0.15, 0.2) is 30.3 Å². The van der Waals surface area contributed by atoms with Gasteiger partial charge in [0.2, 0.25) is 0 Å². The van der Waals surface area contributed by atoms with E-state index in [0.29, 0.717) is 12.0 Å². The van der Waals surface area contributed by atoms with Crippen molar-refractivity contribution in [3.05, 3.63) is 30.3 Å². The number of methoxy groups -OCH3 is 1. The van der Waals surface area contributed by atoms with E-state index in [-0.39, 0.29) is 6.29 Å². The Balaban J connectivity index is 2.19. The van der Waals surface area contributed by atoms with Crippen LogP contribution in [0, 0.1) is 5.92 Å². The second-order valence-corrected chi connectivity index (χ2v) is 4.82. The lowest BCUT2D eigenvalue weighted by molar-refractivity contribution is -0.167. The number of hydrogen-bond acceptors (Lipinski definition) is 3. The van der Waals surface area contributed by atoms with E-state index in [1.54, 1.807) is 7.11 Å². The summed E-state index contributed by atoms with van der Waals surface area (Å²) >= 11 is 0. The van der Waals surface area contributed by atoms with Gasteiger partial charge < -0.3 is 4.74 Å². The summed E-state index contributed by atoms with van der Waals surface area (Å²) in [5.74, 6) is 0.563. The van der Waals surface area contributed by atoms with E-state index in [1.165, 1.54) is 0 Å². The number of ether oxygens (including phenoxy) is 1. The van der Waals surface area contributed by atoms with Crippen LogP contribution in [0.3, 0.4) is 0 Å². The lowest BCUT2D eigenvalue weighted by atomic mass is 9.97. The van der Waals surface area contributed by atoms with Crippen LogP contribution in [0.5, 0.6) is 0 Å². The molecule has 2 rings (SSSR count). The normalized spacial score (nSPS) is 25.3. The maximum atomic E-state index is 5.91. The third kappa shape index (κ3) is 2.79. The monoisotopic (exact) mass is 235 g/mol. The summed E-state index contributed by atoms with van der Waals surface area (Å²) in [6, 6.07) is 10.7. The van der Waals surface area contributed by atoms with Gasteiger partial charge in [0, 0.05) is 13.5 Å². The second-order valence-electron chi connectivity index (χ2n) is 4.82. The van der Waals surface area contributed by atoms with Crippen LogP contribution in [-0.2, 0) is 9.57 Å². The zero-order chi connectivity index (χ0) is 12.3. The van der Waals surface area contributed by atoms with Gasteiger partial charge in [-0.2, -0.15) is 0 Å². The third-order valence-electron chi connectivity index (χ3n) is 3.27. The molecule has 1 aliphatic heterocycles. The Morgan fingerprint density at radius 1 is 1.24 bits per heavy atom. The molecule has 1 aromatic carbocycles. The molecule has 17 heavy (non-hydrogen) atoms. The third-order valence-corrected chi connectivity index (χ3v) is 3.27. The average molecular weight is 235 g/mol. The Hall–Kier alpha value is -1.06. The van der Waals surface area contributed by atoms with Crippen LogP contribution in [0.2, 0.25) is 0 Å². The molecule has 3 nitrogen and oxygen atoms in total. The summed E-state index contributed by atoms with van der Waals surface area (Å²) in [5, 5.41) is 2.02. The highest BCUT2D eigenvalue weighted by atomic mass is 16.8. The lowest BCUT2D eigenvalue weighted by Gasteiger charge is -2.41. The molecule has 1 heterocycles. The SMILES string of the molecule is CO[C@H]1CC[C@H](C(C)C)N(c2ccccc2)O1. The van der Waals surface area contributed by atoms with Crippen LogP contribution < -0.4 is 5.06 Å². The van der Waals surface area contributed by atoms with E-state index in [0.717, 1.165) is 18.5 Å². The quantitative estimate of drug-likeness (QED) is 0.803. The molecule has 0 radical (unpaired) electrons. The van der Waals surface area contributed by atoms with E-state index in [2.05, 4.69) is 26.0 Å². The van der Waals surface area contributed by atoms with Crippen molar-refractivity contribution in [2.45, 2.75) is 39.0 Å². The van der Waals surface area contributed by atoms with Crippen LogP contribution in [-0.4, -0.2) is 19.4 Å². The zero-order valence-corrected chi connectivity index (χ0v) is 10.8. The highest BCUT2D eigenvalue weighted by molar-refractivity contribution is 5.44. The molecule has 2 atom stereocenters. The number of nitrogens with zero attached hydrogens (tertiary/aromatic N) is 1. The van der Waals surface area contributed by atoms with Crippen molar-refractivity contribution in [1.82, 2.24) is 0 Å². The molecule has 1 aromatic rings. The second kappa shape index (κ2) is 5.52. The minimum Gasteiger partial charge on any atom is -0.354 e. The number of anilines is 1. The van der Waals surface area contributed by atoms with Gasteiger partial charge in [-0.25, -0.2) is 9.90 Å². The molecule has 1 aliphatic rings. The van der Waals surface area contributed by atoms with Crippen molar-refractivity contribution in [2.24, 2.45) is 5.92 Å². The highest BCUT2D eigenvalue weighted by Crippen LogP contribution is 2.30. The van der Waals surface area contributed by atoms with Gasteiger partial charge in [0.15, 0.2) is 6.29 Å². The molecule has 0 aliphatic carbocycles. The molecule has 0 bridgehead atoms. The molecule has 1 saturated heterocycles. The fraction of sp³-hybridized carbons (Fsp3) is 0.571. The minimum atomic E-state index is -0.120. The molecule has 0 aromatic heterocycles. The van der Waals surface area contributed by atoms with Gasteiger partial charge in [0.1, 0.15) is 0 Å². The van der Waals surface area contributed by atoms with Gasteiger partial charge in [-0.05, 0) is 24.5 Å². The maximum Gasteiger partial charge on any atom is 0.183 e. The summed E-state index contributed by atoms with van der Waals surface area (Å²) < 4.78 is 5.31. The van der Waals surface area contributed by atoms with Crippen molar-refractivity contribution < 1.29 is 9.57 Å². The van der Waals surface area contributed by atoms with Gasteiger partial charge in [-0.1, -0.05) is 32.0 Å². The van der Waals surface area contributed by atoms with Crippen LogP contribution in [0.1, 0.15) is 26.7 Å². The molecule has 0 unspecified atom stereocenters. The molecule has 1 fully saturated rings. The predicted molar refractivity (Wildman–Crippen MR) is 68.7 cm³/mol. The summed E-state index contributed by atoms with van der Waals surface area (Å²) in [6.45, 7) is 4.47. The fourth-order valence-electron chi connectivity index (χ4n) is 2.27. The Kier molecular flexibility index (Phi) is 4.02. The van der Waals surface area contributed by atoms with Crippen molar-refractivity contribution in [3.63, 3.8) is 0 Å². The van der Waals surface area contributed by atoms with Crippen molar-refractivity contribution >= 4 is 5.69 Å². The predicted octanol–water partition coefficient (Wildman–Crippen LogP) is 3.22. The summed E-state index contributed by atoms with van der Waals surface area (Å²) in [6.07, 6.45) is 1.94. The number of para-hydroxylation sites is 1. The van der Waals surface area contributed by atoms with Gasteiger partial charge in [-0.3, -0.25) is 0 Å². The first-order valence-electron chi connectivity index (χ1n) is 6.26. The molecule has 0 saturated carbocycles. The largest absolute Gasteiger partial charge is 0.354 e. The molecular formula is C14H21NO2. The molecular weight excluding hydrogens is 214 g/mol. The van der Waals surface area contributed by atoms with E-state index < -0.39 is 0 Å². The van der Waals surface area contributed by atoms with Crippen molar-refractivity contribution in [2.75, 3.05) is 12.2 Å². The topological polar surface area (TPSA) is 21.7 Å². The average Bonchev–Trinajstić information content (AvgIpc) is 2.39. The Morgan fingerprint density at radius 2 is 1.94 bits per heavy atom. The Morgan fingerprint density at radius 3 is 2.53 bits per heavy atom. The van der Waals surface area contributed by atoms with E-state index in [1.807, 2.05) is 23.3 Å². The van der Waals surface area contributed by atoms with Gasteiger partial charge in [0.05, 0.1) is 11.7 Å². The molecule has 94 valence electrons. The first-order valence-corrected chi connectivity index (χ1v) is 6.26. The van der Waals surface area contributed by atoms with Gasteiger partial charge >= 0.3 is 0 Å². The van der Waals surface area contributed by atoms with Crippen LogP contribution in [0.25, 0.3) is 0 Å². The van der Waals surface area contributed by atoms with Gasteiger partial charge in [0.25, 0.3) is 0 Å². The van der Waals surface area contributed by atoms with Crippen LogP contribution in [0.4, 0.5) is 5.69 Å². The number of benzene rings is 1. The van der Waals surface area contributed by atoms with Gasteiger partial charge in [-0.15, -0.1) is 0 Å². The summed E-state index contributed by atoms with van der Waals surface area (Å²) in [4.78, 5) is 5.91.